The van der Waals surface area contributed by atoms with E-state index >= 15 is 0 Å². The summed E-state index contributed by atoms with van der Waals surface area (Å²) in [5.41, 5.74) is 1.76. The molecule has 1 atom stereocenters. The minimum absolute atomic E-state index is 0.247. The van der Waals surface area contributed by atoms with E-state index in [0.29, 0.717) is 5.69 Å². The lowest BCUT2D eigenvalue weighted by molar-refractivity contribution is 0.0291. The van der Waals surface area contributed by atoms with Gasteiger partial charge in [0.25, 0.3) is 0 Å². The summed E-state index contributed by atoms with van der Waals surface area (Å²) >= 11 is 0. The van der Waals surface area contributed by atoms with Crippen LogP contribution in [0.25, 0.3) is 0 Å². The second-order valence-electron chi connectivity index (χ2n) is 4.92. The van der Waals surface area contributed by atoms with Crippen molar-refractivity contribution in [3.63, 3.8) is 0 Å². The third-order valence-electron chi connectivity index (χ3n) is 3.00. The minimum atomic E-state index is -0.567. The summed E-state index contributed by atoms with van der Waals surface area (Å²) in [5.74, 6) is 2.25. The Kier molecular flexibility index (Phi) is 4.72. The standard InChI is InChI=1S/C16H17N3O2/c1-4-7-15(12-8-5-6-9-17-12)21-16(20)14-10-13(11(2)3)18-19-14/h1,5-6,8-11,15H,7H2,2-3H3,(H,18,19)/t15-/m1/s1. The number of esters is 1. The molecule has 0 fully saturated rings. The number of nitrogens with one attached hydrogen (secondary N) is 1. The summed E-state index contributed by atoms with van der Waals surface area (Å²) in [6, 6.07) is 7.09. The van der Waals surface area contributed by atoms with Gasteiger partial charge in [0.1, 0.15) is 0 Å². The van der Waals surface area contributed by atoms with E-state index in [2.05, 4.69) is 21.1 Å². The van der Waals surface area contributed by atoms with Gasteiger partial charge in [0, 0.05) is 11.9 Å². The topological polar surface area (TPSA) is 67.9 Å². The maximum atomic E-state index is 12.1. The Morgan fingerprint density at radius 2 is 2.29 bits per heavy atom. The summed E-state index contributed by atoms with van der Waals surface area (Å²) in [7, 11) is 0. The van der Waals surface area contributed by atoms with Crippen LogP contribution in [0.2, 0.25) is 0 Å². The third-order valence-corrected chi connectivity index (χ3v) is 3.00. The van der Waals surface area contributed by atoms with Gasteiger partial charge in [-0.1, -0.05) is 19.9 Å². The van der Waals surface area contributed by atoms with Gasteiger partial charge in [-0.3, -0.25) is 10.1 Å². The van der Waals surface area contributed by atoms with E-state index in [-0.39, 0.29) is 18.0 Å². The number of hydrogen-bond donors (Lipinski definition) is 1. The van der Waals surface area contributed by atoms with E-state index < -0.39 is 12.1 Å². The summed E-state index contributed by atoms with van der Waals surface area (Å²) in [4.78, 5) is 16.3. The van der Waals surface area contributed by atoms with Crippen LogP contribution in [0.4, 0.5) is 0 Å². The highest BCUT2D eigenvalue weighted by molar-refractivity contribution is 5.87. The molecule has 2 rings (SSSR count). The van der Waals surface area contributed by atoms with Crippen LogP contribution in [0.3, 0.4) is 0 Å². The third kappa shape index (κ3) is 3.69. The largest absolute Gasteiger partial charge is 0.450 e. The molecule has 108 valence electrons. The first-order chi connectivity index (χ1) is 10.1. The van der Waals surface area contributed by atoms with Crippen LogP contribution >= 0.6 is 0 Å². The Morgan fingerprint density at radius 3 is 2.86 bits per heavy atom. The summed E-state index contributed by atoms with van der Waals surface area (Å²) in [5, 5.41) is 6.80. The number of H-pyrrole nitrogens is 1. The molecule has 0 aliphatic heterocycles. The van der Waals surface area contributed by atoms with Crippen molar-refractivity contribution >= 4 is 5.97 Å². The average Bonchev–Trinajstić information content (AvgIpc) is 2.98. The lowest BCUT2D eigenvalue weighted by atomic mass is 10.1. The Labute approximate surface area is 123 Å². The van der Waals surface area contributed by atoms with Crippen molar-refractivity contribution < 1.29 is 9.53 Å². The quantitative estimate of drug-likeness (QED) is 0.676. The zero-order valence-corrected chi connectivity index (χ0v) is 12.0. The Bertz CT molecular complexity index is 641. The predicted molar refractivity (Wildman–Crippen MR) is 78.5 cm³/mol. The molecule has 0 aliphatic carbocycles. The first kappa shape index (κ1) is 14.8. The van der Waals surface area contributed by atoms with Gasteiger partial charge in [-0.05, 0) is 24.1 Å². The molecule has 0 aliphatic rings. The predicted octanol–water partition coefficient (Wildman–Crippen LogP) is 2.85. The first-order valence-electron chi connectivity index (χ1n) is 6.72. The van der Waals surface area contributed by atoms with Crippen LogP contribution in [0.15, 0.2) is 30.5 Å². The number of nitrogens with zero attached hydrogens (tertiary/aromatic N) is 2. The maximum absolute atomic E-state index is 12.1. The number of rotatable bonds is 5. The van der Waals surface area contributed by atoms with Gasteiger partial charge in [-0.15, -0.1) is 12.3 Å². The molecule has 0 bridgehead atoms. The summed E-state index contributed by atoms with van der Waals surface area (Å²) in [6.07, 6.45) is 6.67. The number of aromatic amines is 1. The van der Waals surface area contributed by atoms with Gasteiger partial charge in [0.2, 0.25) is 0 Å². The van der Waals surface area contributed by atoms with Gasteiger partial charge in [0.15, 0.2) is 11.8 Å². The number of ether oxygens (including phenoxy) is 1. The smallest absolute Gasteiger partial charge is 0.359 e. The number of hydrogen-bond acceptors (Lipinski definition) is 4. The zero-order chi connectivity index (χ0) is 15.2. The fraction of sp³-hybridized carbons (Fsp3) is 0.312. The van der Waals surface area contributed by atoms with Crippen molar-refractivity contribution in [2.75, 3.05) is 0 Å². The molecular weight excluding hydrogens is 266 g/mol. The van der Waals surface area contributed by atoms with E-state index in [0.717, 1.165) is 5.69 Å². The van der Waals surface area contributed by atoms with Crippen molar-refractivity contribution in [2.45, 2.75) is 32.3 Å². The van der Waals surface area contributed by atoms with Crippen molar-refractivity contribution in [1.82, 2.24) is 15.2 Å². The molecule has 0 spiro atoms. The Hall–Kier alpha value is -2.61. The molecule has 21 heavy (non-hydrogen) atoms. The highest BCUT2D eigenvalue weighted by Crippen LogP contribution is 2.21. The van der Waals surface area contributed by atoms with Crippen molar-refractivity contribution in [3.8, 4) is 12.3 Å². The van der Waals surface area contributed by atoms with Crippen molar-refractivity contribution in [3.05, 3.63) is 47.5 Å². The van der Waals surface area contributed by atoms with Crippen LogP contribution in [0, 0.1) is 12.3 Å². The van der Waals surface area contributed by atoms with Gasteiger partial charge in [0.05, 0.1) is 12.1 Å². The highest BCUT2D eigenvalue weighted by atomic mass is 16.5. The van der Waals surface area contributed by atoms with Crippen LogP contribution in [0.1, 0.15) is 54.2 Å². The molecule has 2 aromatic heterocycles. The molecule has 2 heterocycles. The number of carbonyl (C=O) groups excluding carboxylic acids is 1. The molecule has 0 saturated carbocycles. The Morgan fingerprint density at radius 1 is 1.48 bits per heavy atom. The Balaban J connectivity index is 2.13. The van der Waals surface area contributed by atoms with E-state index in [1.54, 1.807) is 24.4 Å². The van der Waals surface area contributed by atoms with E-state index in [4.69, 9.17) is 11.2 Å². The average molecular weight is 283 g/mol. The van der Waals surface area contributed by atoms with Crippen molar-refractivity contribution in [1.29, 1.82) is 0 Å². The van der Waals surface area contributed by atoms with Crippen molar-refractivity contribution in [2.24, 2.45) is 0 Å². The SMILES string of the molecule is C#CC[C@@H](OC(=O)c1cc(C(C)C)[nH]n1)c1ccccn1. The van der Waals surface area contributed by atoms with Crippen LogP contribution in [-0.4, -0.2) is 21.2 Å². The fourth-order valence-electron chi connectivity index (χ4n) is 1.81. The van der Waals surface area contributed by atoms with Crippen LogP contribution in [0.5, 0.6) is 0 Å². The minimum Gasteiger partial charge on any atom is -0.450 e. The molecular formula is C16H17N3O2. The van der Waals surface area contributed by atoms with Gasteiger partial charge in [-0.2, -0.15) is 5.10 Å². The number of carbonyl (C=O) groups is 1. The monoisotopic (exact) mass is 283 g/mol. The molecule has 5 heteroatoms. The van der Waals surface area contributed by atoms with E-state index in [1.165, 1.54) is 0 Å². The van der Waals surface area contributed by atoms with Gasteiger partial charge >= 0.3 is 5.97 Å². The van der Waals surface area contributed by atoms with E-state index in [9.17, 15) is 4.79 Å². The van der Waals surface area contributed by atoms with Crippen LogP contribution < -0.4 is 0 Å². The lowest BCUT2D eigenvalue weighted by Gasteiger charge is -2.14. The molecule has 0 aromatic carbocycles. The second-order valence-corrected chi connectivity index (χ2v) is 4.92. The first-order valence-corrected chi connectivity index (χ1v) is 6.72. The highest BCUT2D eigenvalue weighted by Gasteiger charge is 2.20. The van der Waals surface area contributed by atoms with Gasteiger partial charge in [-0.25, -0.2) is 4.79 Å². The lowest BCUT2D eigenvalue weighted by Crippen LogP contribution is -2.13. The molecule has 5 nitrogen and oxygen atoms in total. The molecule has 0 saturated heterocycles. The number of pyridine rings is 1. The number of aromatic nitrogens is 3. The molecule has 2 aromatic rings. The molecule has 0 amide bonds. The number of terminal acetylenes is 1. The molecule has 1 N–H and O–H groups in total. The summed E-state index contributed by atoms with van der Waals surface area (Å²) in [6.45, 7) is 4.02. The maximum Gasteiger partial charge on any atom is 0.359 e. The zero-order valence-electron chi connectivity index (χ0n) is 12.0. The molecule has 0 unspecified atom stereocenters. The van der Waals surface area contributed by atoms with Crippen LogP contribution in [-0.2, 0) is 4.74 Å². The molecule has 0 radical (unpaired) electrons. The fourth-order valence-corrected chi connectivity index (χ4v) is 1.81. The van der Waals surface area contributed by atoms with E-state index in [1.807, 2.05) is 19.9 Å². The normalized spacial score (nSPS) is 11.9. The summed E-state index contributed by atoms with van der Waals surface area (Å²) < 4.78 is 5.43. The second kappa shape index (κ2) is 6.71. The van der Waals surface area contributed by atoms with Gasteiger partial charge < -0.3 is 4.74 Å².